The van der Waals surface area contributed by atoms with Crippen molar-refractivity contribution in [3.8, 4) is 0 Å². The largest absolute Gasteiger partial charge is 0.465 e. The number of esters is 1. The highest BCUT2D eigenvalue weighted by atomic mass is 16.5. The Morgan fingerprint density at radius 3 is 2.71 bits per heavy atom. The summed E-state index contributed by atoms with van der Waals surface area (Å²) in [5, 5.41) is 0. The van der Waals surface area contributed by atoms with Gasteiger partial charge < -0.3 is 9.30 Å². The second-order valence-corrected chi connectivity index (χ2v) is 4.97. The molecule has 0 bridgehead atoms. The number of hydrogen-bond donors (Lipinski definition) is 0. The molecule has 3 heteroatoms. The number of nitrogens with zero attached hydrogens (tertiary/aromatic N) is 1. The third-order valence-corrected chi connectivity index (χ3v) is 3.76. The highest BCUT2D eigenvalue weighted by Crippen LogP contribution is 2.40. The fraction of sp³-hybridized carbons (Fsp3) is 0.643. The predicted molar refractivity (Wildman–Crippen MR) is 67.5 cm³/mol. The second kappa shape index (κ2) is 4.55. The Morgan fingerprint density at radius 1 is 1.59 bits per heavy atom. The summed E-state index contributed by atoms with van der Waals surface area (Å²) in [6.45, 7) is 6.42. The molecule has 0 amide bonds. The van der Waals surface area contributed by atoms with Crippen LogP contribution in [-0.4, -0.2) is 17.6 Å². The first-order chi connectivity index (χ1) is 8.10. The SMILES string of the molecule is CCC(C)c1cc(C(=O)OC)c(C)n1C1CC1. The molecule has 94 valence electrons. The first-order valence-electron chi connectivity index (χ1n) is 6.40. The average molecular weight is 235 g/mol. The van der Waals surface area contributed by atoms with Crippen molar-refractivity contribution in [2.24, 2.45) is 0 Å². The minimum Gasteiger partial charge on any atom is -0.465 e. The molecule has 17 heavy (non-hydrogen) atoms. The molecule has 1 heterocycles. The van der Waals surface area contributed by atoms with Crippen LogP contribution in [0, 0.1) is 6.92 Å². The molecule has 1 aliphatic rings. The van der Waals surface area contributed by atoms with Crippen molar-refractivity contribution in [1.29, 1.82) is 0 Å². The van der Waals surface area contributed by atoms with Crippen LogP contribution in [-0.2, 0) is 4.74 Å². The lowest BCUT2D eigenvalue weighted by Gasteiger charge is -2.14. The van der Waals surface area contributed by atoms with E-state index in [2.05, 4.69) is 18.4 Å². The summed E-state index contributed by atoms with van der Waals surface area (Å²) in [5.41, 5.74) is 3.08. The van der Waals surface area contributed by atoms with E-state index < -0.39 is 0 Å². The van der Waals surface area contributed by atoms with Gasteiger partial charge in [-0.25, -0.2) is 4.79 Å². The monoisotopic (exact) mass is 235 g/mol. The topological polar surface area (TPSA) is 31.2 Å². The van der Waals surface area contributed by atoms with Crippen LogP contribution in [0.15, 0.2) is 6.07 Å². The second-order valence-electron chi connectivity index (χ2n) is 4.97. The highest BCUT2D eigenvalue weighted by Gasteiger charge is 2.30. The number of hydrogen-bond acceptors (Lipinski definition) is 2. The van der Waals surface area contributed by atoms with Crippen LogP contribution < -0.4 is 0 Å². The van der Waals surface area contributed by atoms with E-state index in [1.165, 1.54) is 25.6 Å². The van der Waals surface area contributed by atoms with Crippen LogP contribution >= 0.6 is 0 Å². The lowest BCUT2D eigenvalue weighted by Crippen LogP contribution is -2.06. The summed E-state index contributed by atoms with van der Waals surface area (Å²) in [7, 11) is 1.44. The molecule has 1 saturated carbocycles. The van der Waals surface area contributed by atoms with Crippen LogP contribution in [0.1, 0.15) is 66.8 Å². The van der Waals surface area contributed by atoms with E-state index in [9.17, 15) is 4.79 Å². The number of methoxy groups -OCH3 is 1. The van der Waals surface area contributed by atoms with Gasteiger partial charge in [0.25, 0.3) is 0 Å². The van der Waals surface area contributed by atoms with Gasteiger partial charge in [0.1, 0.15) is 0 Å². The van der Waals surface area contributed by atoms with Crippen molar-refractivity contribution in [3.63, 3.8) is 0 Å². The van der Waals surface area contributed by atoms with Gasteiger partial charge in [-0.15, -0.1) is 0 Å². The summed E-state index contributed by atoms with van der Waals surface area (Å²) in [4.78, 5) is 11.7. The Bertz CT molecular complexity index is 430. The Morgan fingerprint density at radius 2 is 2.24 bits per heavy atom. The molecule has 1 aromatic rings. The first kappa shape index (κ1) is 12.2. The van der Waals surface area contributed by atoms with Gasteiger partial charge in [-0.2, -0.15) is 0 Å². The van der Waals surface area contributed by atoms with E-state index >= 15 is 0 Å². The lowest BCUT2D eigenvalue weighted by molar-refractivity contribution is 0.0600. The first-order valence-corrected chi connectivity index (χ1v) is 6.40. The van der Waals surface area contributed by atoms with Crippen molar-refractivity contribution in [3.05, 3.63) is 23.0 Å². The van der Waals surface area contributed by atoms with Crippen LogP contribution in [0.5, 0.6) is 0 Å². The van der Waals surface area contributed by atoms with E-state index in [1.807, 2.05) is 13.0 Å². The van der Waals surface area contributed by atoms with E-state index in [1.54, 1.807) is 0 Å². The summed E-state index contributed by atoms with van der Waals surface area (Å²) in [6, 6.07) is 2.63. The van der Waals surface area contributed by atoms with Crippen LogP contribution in [0.25, 0.3) is 0 Å². The Hall–Kier alpha value is -1.25. The summed E-state index contributed by atoms with van der Waals surface area (Å²) in [5.74, 6) is 0.277. The molecule has 0 radical (unpaired) electrons. The maximum absolute atomic E-state index is 11.7. The highest BCUT2D eigenvalue weighted by molar-refractivity contribution is 5.91. The van der Waals surface area contributed by atoms with Crippen molar-refractivity contribution < 1.29 is 9.53 Å². The van der Waals surface area contributed by atoms with Gasteiger partial charge in [0, 0.05) is 17.4 Å². The zero-order chi connectivity index (χ0) is 12.6. The average Bonchev–Trinajstić information content (AvgIpc) is 3.11. The number of carbonyl (C=O) groups excluding carboxylic acids is 1. The molecular formula is C14H21NO2. The van der Waals surface area contributed by atoms with Gasteiger partial charge >= 0.3 is 5.97 Å². The number of aromatic nitrogens is 1. The zero-order valence-electron chi connectivity index (χ0n) is 11.1. The number of rotatable bonds is 4. The molecule has 1 atom stereocenters. The van der Waals surface area contributed by atoms with Gasteiger partial charge in [-0.3, -0.25) is 0 Å². The summed E-state index contributed by atoms with van der Waals surface area (Å²) < 4.78 is 7.19. The Balaban J connectivity index is 2.46. The molecule has 0 saturated heterocycles. The third kappa shape index (κ3) is 2.11. The van der Waals surface area contributed by atoms with Crippen LogP contribution in [0.4, 0.5) is 0 Å². The van der Waals surface area contributed by atoms with E-state index in [0.29, 0.717) is 12.0 Å². The maximum Gasteiger partial charge on any atom is 0.339 e. The Labute approximate surface area is 103 Å². The molecule has 3 nitrogen and oxygen atoms in total. The molecule has 2 rings (SSSR count). The zero-order valence-corrected chi connectivity index (χ0v) is 11.1. The molecule has 0 aliphatic heterocycles. The molecule has 1 aromatic heterocycles. The quantitative estimate of drug-likeness (QED) is 0.749. The van der Waals surface area contributed by atoms with Gasteiger partial charge in [0.05, 0.1) is 12.7 Å². The molecular weight excluding hydrogens is 214 g/mol. The molecule has 0 N–H and O–H groups in total. The molecule has 0 spiro atoms. The van der Waals surface area contributed by atoms with Crippen molar-refractivity contribution in [2.45, 2.75) is 52.0 Å². The normalized spacial score (nSPS) is 16.9. The molecule has 0 aromatic carbocycles. The van der Waals surface area contributed by atoms with Gasteiger partial charge in [-0.1, -0.05) is 13.8 Å². The van der Waals surface area contributed by atoms with E-state index in [0.717, 1.165) is 17.7 Å². The number of carbonyl (C=O) groups is 1. The van der Waals surface area contributed by atoms with E-state index in [4.69, 9.17) is 4.74 Å². The molecule has 1 fully saturated rings. The predicted octanol–water partition coefficient (Wildman–Crippen LogP) is 3.43. The summed E-state index contributed by atoms with van der Waals surface area (Å²) >= 11 is 0. The standard InChI is InChI=1S/C14H21NO2/c1-5-9(2)13-8-12(14(16)17-4)10(3)15(13)11-6-7-11/h8-9,11H,5-7H2,1-4H3. The molecule has 1 unspecified atom stereocenters. The van der Waals surface area contributed by atoms with Crippen molar-refractivity contribution in [1.82, 2.24) is 4.57 Å². The summed E-state index contributed by atoms with van der Waals surface area (Å²) in [6.07, 6.45) is 3.57. The minimum absolute atomic E-state index is 0.216. The maximum atomic E-state index is 11.7. The fourth-order valence-corrected chi connectivity index (χ4v) is 2.37. The van der Waals surface area contributed by atoms with Gasteiger partial charge in [0.2, 0.25) is 0 Å². The number of ether oxygens (including phenoxy) is 1. The van der Waals surface area contributed by atoms with Gasteiger partial charge in [0.15, 0.2) is 0 Å². The van der Waals surface area contributed by atoms with Crippen molar-refractivity contribution >= 4 is 5.97 Å². The third-order valence-electron chi connectivity index (χ3n) is 3.76. The fourth-order valence-electron chi connectivity index (χ4n) is 2.37. The van der Waals surface area contributed by atoms with Crippen molar-refractivity contribution in [2.75, 3.05) is 7.11 Å². The Kier molecular flexibility index (Phi) is 3.27. The van der Waals surface area contributed by atoms with Gasteiger partial charge in [-0.05, 0) is 38.2 Å². The van der Waals surface area contributed by atoms with Crippen LogP contribution in [0.3, 0.4) is 0 Å². The molecule has 1 aliphatic carbocycles. The lowest BCUT2D eigenvalue weighted by atomic mass is 10.0. The minimum atomic E-state index is -0.216. The van der Waals surface area contributed by atoms with E-state index in [-0.39, 0.29) is 5.97 Å². The smallest absolute Gasteiger partial charge is 0.339 e. The van der Waals surface area contributed by atoms with Crippen LogP contribution in [0.2, 0.25) is 0 Å².